The summed E-state index contributed by atoms with van der Waals surface area (Å²) in [6.07, 6.45) is 0. The molecule has 16 heavy (non-hydrogen) atoms. The Bertz CT molecular complexity index is 550. The second kappa shape index (κ2) is 4.55. The maximum Gasteiger partial charge on any atom is 0.187 e. The third-order valence-corrected chi connectivity index (χ3v) is 3.20. The molecule has 0 aliphatic rings. The highest BCUT2D eigenvalue weighted by Gasteiger charge is 2.16. The Balaban J connectivity index is 2.72. The quantitative estimate of drug-likeness (QED) is 0.664. The molecule has 2 rings (SSSR count). The van der Waals surface area contributed by atoms with Crippen molar-refractivity contribution in [3.8, 4) is 5.75 Å². The topological polar surface area (TPSA) is 37.3 Å². The predicted molar refractivity (Wildman–Crippen MR) is 71.6 cm³/mol. The van der Waals surface area contributed by atoms with E-state index in [2.05, 4.69) is 31.9 Å². The van der Waals surface area contributed by atoms with Gasteiger partial charge in [0.2, 0.25) is 0 Å². The van der Waals surface area contributed by atoms with Crippen LogP contribution in [0.1, 0.15) is 10.4 Å². The zero-order valence-corrected chi connectivity index (χ0v) is 11.3. The number of rotatable bonds is 2. The first kappa shape index (κ1) is 11.6. The van der Waals surface area contributed by atoms with Crippen LogP contribution in [0.4, 0.5) is 0 Å². The molecule has 0 radical (unpaired) electrons. The maximum atomic E-state index is 11.9. The molecule has 82 valence electrons. The highest BCUT2D eigenvalue weighted by molar-refractivity contribution is 9.25. The van der Waals surface area contributed by atoms with Crippen LogP contribution in [0.3, 0.4) is 0 Å². The summed E-state index contributed by atoms with van der Waals surface area (Å²) in [5.41, 5.74) is 0.590. The molecule has 4 heteroatoms. The number of hydrogen-bond donors (Lipinski definition) is 1. The molecule has 0 aliphatic carbocycles. The Labute approximate surface area is 110 Å². The van der Waals surface area contributed by atoms with Gasteiger partial charge in [0.1, 0.15) is 9.49 Å². The first-order valence-electron chi connectivity index (χ1n) is 4.64. The van der Waals surface area contributed by atoms with E-state index in [0.717, 1.165) is 5.39 Å². The predicted octanol–water partition coefficient (Wildman–Crippen LogP) is 3.84. The Kier molecular flexibility index (Phi) is 3.30. The molecule has 0 heterocycles. The number of phenolic OH excluding ortho intramolecular Hbond substituents is 1. The first-order chi connectivity index (χ1) is 7.61. The highest BCUT2D eigenvalue weighted by atomic mass is 79.9. The summed E-state index contributed by atoms with van der Waals surface area (Å²) in [6.45, 7) is 0. The van der Waals surface area contributed by atoms with E-state index >= 15 is 0 Å². The number of ketones is 1. The lowest BCUT2D eigenvalue weighted by Crippen LogP contribution is -2.07. The van der Waals surface area contributed by atoms with Gasteiger partial charge in [0.05, 0.1) is 0 Å². The Hall–Kier alpha value is -0.870. The monoisotopic (exact) mass is 342 g/mol. The number of aromatic hydroxyl groups is 1. The van der Waals surface area contributed by atoms with Gasteiger partial charge in [-0.15, -0.1) is 0 Å². The second-order valence-corrected chi connectivity index (χ2v) is 6.40. The van der Waals surface area contributed by atoms with Crippen LogP contribution in [0, 0.1) is 0 Å². The van der Waals surface area contributed by atoms with Crippen molar-refractivity contribution < 1.29 is 9.90 Å². The van der Waals surface area contributed by atoms with Crippen LogP contribution in [0.15, 0.2) is 36.4 Å². The van der Waals surface area contributed by atoms with E-state index in [1.54, 1.807) is 12.1 Å². The summed E-state index contributed by atoms with van der Waals surface area (Å²) in [4.78, 5) is 11.9. The zero-order chi connectivity index (χ0) is 11.7. The summed E-state index contributed by atoms with van der Waals surface area (Å²) >= 11 is 6.37. The molecule has 0 unspecified atom stereocenters. The molecular weight excluding hydrogens is 336 g/mol. The van der Waals surface area contributed by atoms with Gasteiger partial charge in [-0.2, -0.15) is 0 Å². The van der Waals surface area contributed by atoms with Crippen LogP contribution in [-0.2, 0) is 0 Å². The number of fused-ring (bicyclic) bond motifs is 1. The summed E-state index contributed by atoms with van der Waals surface area (Å²) in [5, 5.41) is 11.1. The zero-order valence-electron chi connectivity index (χ0n) is 8.15. The lowest BCUT2D eigenvalue weighted by Gasteiger charge is -2.07. The van der Waals surface area contributed by atoms with E-state index in [-0.39, 0.29) is 11.5 Å². The molecule has 2 aromatic carbocycles. The van der Waals surface area contributed by atoms with Gasteiger partial charge in [0.15, 0.2) is 5.78 Å². The van der Waals surface area contributed by atoms with Crippen LogP contribution < -0.4 is 0 Å². The van der Waals surface area contributed by atoms with Crippen molar-refractivity contribution in [3.05, 3.63) is 42.0 Å². The summed E-state index contributed by atoms with van der Waals surface area (Å²) < 4.78 is -0.409. The molecule has 0 atom stereocenters. The van der Waals surface area contributed by atoms with Crippen LogP contribution in [0.25, 0.3) is 10.8 Å². The van der Waals surface area contributed by atoms with Crippen molar-refractivity contribution in [2.45, 2.75) is 3.74 Å². The number of benzene rings is 2. The van der Waals surface area contributed by atoms with Crippen LogP contribution in [0.2, 0.25) is 0 Å². The Morgan fingerprint density at radius 2 is 1.69 bits per heavy atom. The average molecular weight is 344 g/mol. The molecular formula is C12H8Br2O2. The van der Waals surface area contributed by atoms with Crippen LogP contribution >= 0.6 is 31.9 Å². The number of halogens is 2. The fourth-order valence-electron chi connectivity index (χ4n) is 1.62. The Morgan fingerprint density at radius 1 is 1.06 bits per heavy atom. The minimum absolute atomic E-state index is 0.0591. The van der Waals surface area contributed by atoms with Gasteiger partial charge in [-0.25, -0.2) is 0 Å². The van der Waals surface area contributed by atoms with Crippen molar-refractivity contribution in [2.24, 2.45) is 0 Å². The number of hydrogen-bond acceptors (Lipinski definition) is 2. The summed E-state index contributed by atoms with van der Waals surface area (Å²) in [5.74, 6) is 0.129. The third kappa shape index (κ3) is 1.99. The molecule has 1 N–H and O–H groups in total. The van der Waals surface area contributed by atoms with Gasteiger partial charge in [-0.3, -0.25) is 4.79 Å². The van der Waals surface area contributed by atoms with Gasteiger partial charge >= 0.3 is 0 Å². The lowest BCUT2D eigenvalue weighted by atomic mass is 10.0. The van der Waals surface area contributed by atoms with Gasteiger partial charge in [0.25, 0.3) is 0 Å². The molecule has 2 nitrogen and oxygen atoms in total. The number of phenols is 1. The molecule has 0 saturated carbocycles. The van der Waals surface area contributed by atoms with Crippen LogP contribution in [-0.4, -0.2) is 14.6 Å². The first-order valence-corrected chi connectivity index (χ1v) is 6.47. The number of Topliss-reactive ketones (excluding diaryl/α,β-unsaturated/α-hetero) is 1. The van der Waals surface area contributed by atoms with Gasteiger partial charge in [-0.1, -0.05) is 56.1 Å². The normalized spacial score (nSPS) is 10.9. The largest absolute Gasteiger partial charge is 0.507 e. The summed E-state index contributed by atoms with van der Waals surface area (Å²) in [6, 6.07) is 10.5. The average Bonchev–Trinajstić information content (AvgIpc) is 2.29. The van der Waals surface area contributed by atoms with Crippen molar-refractivity contribution in [2.75, 3.05) is 0 Å². The van der Waals surface area contributed by atoms with E-state index in [4.69, 9.17) is 0 Å². The number of alkyl halides is 2. The van der Waals surface area contributed by atoms with Crippen LogP contribution in [0.5, 0.6) is 5.75 Å². The highest BCUT2D eigenvalue weighted by Crippen LogP contribution is 2.29. The molecule has 0 aromatic heterocycles. The van der Waals surface area contributed by atoms with E-state index in [1.165, 1.54) is 6.07 Å². The number of carbonyl (C=O) groups is 1. The number of carbonyl (C=O) groups excluding carboxylic acids is 1. The molecule has 0 spiro atoms. The summed E-state index contributed by atoms with van der Waals surface area (Å²) in [7, 11) is 0. The third-order valence-electron chi connectivity index (χ3n) is 2.36. The van der Waals surface area contributed by atoms with Crippen molar-refractivity contribution in [1.82, 2.24) is 0 Å². The fourth-order valence-corrected chi connectivity index (χ4v) is 2.11. The van der Waals surface area contributed by atoms with Crippen molar-refractivity contribution >= 4 is 48.4 Å². The van der Waals surface area contributed by atoms with Gasteiger partial charge in [0, 0.05) is 10.9 Å². The lowest BCUT2D eigenvalue weighted by molar-refractivity contribution is 0.101. The second-order valence-electron chi connectivity index (χ2n) is 3.34. The molecule has 2 aromatic rings. The smallest absolute Gasteiger partial charge is 0.187 e. The van der Waals surface area contributed by atoms with E-state index < -0.39 is 3.74 Å². The minimum atomic E-state index is -0.409. The van der Waals surface area contributed by atoms with E-state index in [9.17, 15) is 9.90 Å². The molecule has 0 fully saturated rings. The van der Waals surface area contributed by atoms with E-state index in [1.807, 2.05) is 18.2 Å². The fraction of sp³-hybridized carbons (Fsp3) is 0.0833. The van der Waals surface area contributed by atoms with E-state index in [0.29, 0.717) is 10.9 Å². The van der Waals surface area contributed by atoms with Gasteiger partial charge < -0.3 is 5.11 Å². The molecule has 0 amide bonds. The molecule has 0 bridgehead atoms. The van der Waals surface area contributed by atoms with Crippen molar-refractivity contribution in [3.63, 3.8) is 0 Å². The van der Waals surface area contributed by atoms with Crippen molar-refractivity contribution in [1.29, 1.82) is 0 Å². The Morgan fingerprint density at radius 3 is 2.31 bits per heavy atom. The minimum Gasteiger partial charge on any atom is -0.507 e. The molecule has 0 saturated heterocycles. The SMILES string of the molecule is O=C(c1ccc(O)c2ccccc12)C(Br)Br. The van der Waals surface area contributed by atoms with Gasteiger partial charge in [-0.05, 0) is 17.5 Å². The standard InChI is InChI=1S/C12H8Br2O2/c13-12(14)11(16)9-5-6-10(15)8-4-2-1-3-7(8)9/h1-6,12,15H. The maximum absolute atomic E-state index is 11.9. The molecule has 0 aliphatic heterocycles.